The Labute approximate surface area is 340 Å². The molecular weight excluding hydrogens is 701 g/mol. The third kappa shape index (κ3) is 7.90. The highest BCUT2D eigenvalue weighted by Crippen LogP contribution is 2.36. The maximum Gasteiger partial charge on any atom is 0.133 e. The van der Waals surface area contributed by atoms with Crippen LogP contribution in [0.1, 0.15) is 22.3 Å². The topological polar surface area (TPSA) is 17.1 Å². The average Bonchev–Trinajstić information content (AvgIpc) is 3.31. The van der Waals surface area contributed by atoms with E-state index in [1.807, 2.05) is 42.5 Å². The van der Waals surface area contributed by atoms with Crippen LogP contribution in [0.3, 0.4) is 0 Å². The zero-order chi connectivity index (χ0) is 39.1. The first-order valence-electron chi connectivity index (χ1n) is 19.7. The molecule has 0 unspecified atom stereocenters. The molecule has 9 aromatic carbocycles. The van der Waals surface area contributed by atoms with Crippen molar-refractivity contribution in [3.63, 3.8) is 0 Å². The second-order valence-electron chi connectivity index (χ2n) is 14.6. The van der Waals surface area contributed by atoms with Gasteiger partial charge in [0, 0.05) is 0 Å². The van der Waals surface area contributed by atoms with E-state index >= 15 is 0 Å². The molecule has 0 heterocycles. The van der Waals surface area contributed by atoms with Gasteiger partial charge in [-0.3, -0.25) is 0 Å². The summed E-state index contributed by atoms with van der Waals surface area (Å²) < 4.78 is 0. The third-order valence-corrected chi connectivity index (χ3v) is 10.9. The lowest BCUT2D eigenvalue weighted by atomic mass is 9.89. The van der Waals surface area contributed by atoms with Gasteiger partial charge in [-0.15, -0.1) is 0 Å². The molecule has 0 saturated carbocycles. The van der Waals surface area contributed by atoms with Crippen LogP contribution in [-0.2, 0) is 11.2 Å². The molecule has 0 amide bonds. The molecule has 0 aliphatic rings. The molecule has 0 spiro atoms. The SMILES string of the molecule is O=C=C(c1ccc(-c2cc(-c3ccccc3)cc(-c3ccccc3)c2)cc1)c1ccccc1Cc1ccc(-c2cc(-c3ccccc3)cc(-c3ccccc3)c2)cc1. The van der Waals surface area contributed by atoms with Crippen LogP contribution in [0, 0.1) is 0 Å². The van der Waals surface area contributed by atoms with Crippen LogP contribution >= 0.6 is 0 Å². The number of benzene rings is 9. The van der Waals surface area contributed by atoms with Crippen molar-refractivity contribution in [2.45, 2.75) is 6.42 Å². The molecule has 0 fully saturated rings. The van der Waals surface area contributed by atoms with Gasteiger partial charge in [0.05, 0.1) is 5.57 Å². The van der Waals surface area contributed by atoms with E-state index in [-0.39, 0.29) is 0 Å². The van der Waals surface area contributed by atoms with Gasteiger partial charge in [0.1, 0.15) is 5.94 Å². The van der Waals surface area contributed by atoms with Crippen molar-refractivity contribution < 1.29 is 4.79 Å². The van der Waals surface area contributed by atoms with Crippen LogP contribution < -0.4 is 0 Å². The Bertz CT molecular complexity index is 2740. The van der Waals surface area contributed by atoms with Crippen molar-refractivity contribution in [2.24, 2.45) is 0 Å². The summed E-state index contributed by atoms with van der Waals surface area (Å²) in [4.78, 5) is 12.8. The van der Waals surface area contributed by atoms with Gasteiger partial charge in [0.15, 0.2) is 0 Å². The first kappa shape index (κ1) is 36.1. The summed E-state index contributed by atoms with van der Waals surface area (Å²) in [6.45, 7) is 0. The summed E-state index contributed by atoms with van der Waals surface area (Å²) in [5.41, 5.74) is 18.5. The summed E-state index contributed by atoms with van der Waals surface area (Å²) in [5, 5.41) is 0. The molecule has 1 heteroatoms. The van der Waals surface area contributed by atoms with E-state index in [0.29, 0.717) is 12.0 Å². The van der Waals surface area contributed by atoms with Crippen molar-refractivity contribution in [3.8, 4) is 66.8 Å². The lowest BCUT2D eigenvalue weighted by Crippen LogP contribution is -1.98. The van der Waals surface area contributed by atoms with Crippen LogP contribution in [0.2, 0.25) is 0 Å². The van der Waals surface area contributed by atoms with E-state index in [1.165, 1.54) is 44.5 Å². The van der Waals surface area contributed by atoms with Crippen LogP contribution in [-0.4, -0.2) is 5.94 Å². The number of rotatable bonds is 10. The zero-order valence-electron chi connectivity index (χ0n) is 32.1. The van der Waals surface area contributed by atoms with Gasteiger partial charge in [0.25, 0.3) is 0 Å². The van der Waals surface area contributed by atoms with E-state index in [4.69, 9.17) is 0 Å². The molecule has 0 N–H and O–H groups in total. The minimum atomic E-state index is 0.563. The fourth-order valence-corrected chi connectivity index (χ4v) is 7.83. The lowest BCUT2D eigenvalue weighted by molar-refractivity contribution is 0.569. The molecule has 0 radical (unpaired) electrons. The smallest absolute Gasteiger partial charge is 0.133 e. The highest BCUT2D eigenvalue weighted by atomic mass is 16.1. The summed E-state index contributed by atoms with van der Waals surface area (Å²) in [6.07, 6.45) is 0.688. The molecule has 0 aliphatic heterocycles. The standard InChI is InChI=1S/C57H40O/c58-40-57(48-31-29-47(30-32-48)55-38-52(44-19-9-3-10-20-44)35-53(39-55)45-21-11-4-12-22-45)56-24-14-13-23-49(56)33-41-25-27-46(28-26-41)54-36-50(42-15-5-1-6-16-42)34-51(37-54)43-17-7-2-8-18-43/h1-32,34-39H,33H2. The molecule has 0 atom stereocenters. The van der Waals surface area contributed by atoms with Gasteiger partial charge in [-0.2, -0.15) is 0 Å². The van der Waals surface area contributed by atoms with Gasteiger partial charge in [-0.1, -0.05) is 194 Å². The summed E-state index contributed by atoms with van der Waals surface area (Å²) in [6, 6.07) is 81.0. The molecule has 1 nitrogen and oxygen atoms in total. The molecule has 0 bridgehead atoms. The van der Waals surface area contributed by atoms with Gasteiger partial charge >= 0.3 is 0 Å². The fraction of sp³-hybridized carbons (Fsp3) is 0.0175. The Morgan fingerprint density at radius 1 is 0.310 bits per heavy atom. The Morgan fingerprint density at radius 2 is 0.621 bits per heavy atom. The Kier molecular flexibility index (Phi) is 10.4. The monoisotopic (exact) mass is 740 g/mol. The molecular formula is C57H40O. The van der Waals surface area contributed by atoms with E-state index in [0.717, 1.165) is 44.5 Å². The molecule has 274 valence electrons. The zero-order valence-corrected chi connectivity index (χ0v) is 32.1. The number of hydrogen-bond donors (Lipinski definition) is 0. The predicted molar refractivity (Wildman–Crippen MR) is 243 cm³/mol. The molecule has 58 heavy (non-hydrogen) atoms. The van der Waals surface area contributed by atoms with E-state index in [2.05, 4.69) is 194 Å². The lowest BCUT2D eigenvalue weighted by Gasteiger charge is -2.14. The summed E-state index contributed by atoms with van der Waals surface area (Å²) >= 11 is 0. The van der Waals surface area contributed by atoms with E-state index in [1.54, 1.807) is 0 Å². The fourth-order valence-electron chi connectivity index (χ4n) is 7.83. The summed E-state index contributed by atoms with van der Waals surface area (Å²) in [5.74, 6) is 2.32. The van der Waals surface area contributed by atoms with Gasteiger partial charge in [0.2, 0.25) is 0 Å². The summed E-state index contributed by atoms with van der Waals surface area (Å²) in [7, 11) is 0. The van der Waals surface area contributed by atoms with Crippen molar-refractivity contribution in [2.75, 3.05) is 0 Å². The Balaban J connectivity index is 0.992. The van der Waals surface area contributed by atoms with Crippen molar-refractivity contribution >= 4 is 11.5 Å². The van der Waals surface area contributed by atoms with Crippen LogP contribution in [0.4, 0.5) is 0 Å². The third-order valence-electron chi connectivity index (χ3n) is 10.9. The van der Waals surface area contributed by atoms with Gasteiger partial charge < -0.3 is 0 Å². The minimum absolute atomic E-state index is 0.563. The molecule has 9 aromatic rings. The first-order chi connectivity index (χ1) is 28.7. The Hall–Kier alpha value is -7.57. The second-order valence-corrected chi connectivity index (χ2v) is 14.6. The molecule has 0 aromatic heterocycles. The van der Waals surface area contributed by atoms with Crippen molar-refractivity contribution in [3.05, 3.63) is 253 Å². The van der Waals surface area contributed by atoms with E-state index in [9.17, 15) is 4.79 Å². The first-order valence-corrected chi connectivity index (χ1v) is 19.7. The van der Waals surface area contributed by atoms with Crippen LogP contribution in [0.15, 0.2) is 231 Å². The van der Waals surface area contributed by atoms with Crippen LogP contribution in [0.25, 0.3) is 72.3 Å². The van der Waals surface area contributed by atoms with Gasteiger partial charge in [-0.05, 0) is 132 Å². The van der Waals surface area contributed by atoms with Crippen molar-refractivity contribution in [1.82, 2.24) is 0 Å². The maximum absolute atomic E-state index is 12.8. The Morgan fingerprint density at radius 3 is 0.983 bits per heavy atom. The number of hydrogen-bond acceptors (Lipinski definition) is 1. The quantitative estimate of drug-likeness (QED) is 0.128. The maximum atomic E-state index is 12.8. The van der Waals surface area contributed by atoms with Crippen molar-refractivity contribution in [1.29, 1.82) is 0 Å². The van der Waals surface area contributed by atoms with Crippen LogP contribution in [0.5, 0.6) is 0 Å². The minimum Gasteiger partial charge on any atom is -0.233 e. The molecule has 0 saturated heterocycles. The van der Waals surface area contributed by atoms with Gasteiger partial charge in [-0.25, -0.2) is 4.79 Å². The highest BCUT2D eigenvalue weighted by molar-refractivity contribution is 5.98. The largest absolute Gasteiger partial charge is 0.233 e. The second kappa shape index (κ2) is 16.7. The predicted octanol–water partition coefficient (Wildman–Crippen LogP) is 14.5. The average molecular weight is 741 g/mol. The molecule has 0 aliphatic carbocycles. The molecule has 9 rings (SSSR count). The highest BCUT2D eigenvalue weighted by Gasteiger charge is 2.14. The van der Waals surface area contributed by atoms with E-state index < -0.39 is 0 Å². The number of carbonyl (C=O) groups excluding carboxylic acids is 1. The normalized spacial score (nSPS) is 10.8.